The van der Waals surface area contributed by atoms with Crippen LogP contribution in [0.2, 0.25) is 0 Å². The van der Waals surface area contributed by atoms with Crippen molar-refractivity contribution in [2.75, 3.05) is 20.2 Å². The largest absolute Gasteiger partial charge is 0.386 e. The molecule has 0 bridgehead atoms. The molecule has 0 saturated carbocycles. The van der Waals surface area contributed by atoms with Crippen LogP contribution >= 0.6 is 0 Å². The van der Waals surface area contributed by atoms with Crippen LogP contribution in [0.1, 0.15) is 26.7 Å². The molecule has 4 nitrogen and oxygen atoms in total. The molecule has 1 N–H and O–H groups in total. The van der Waals surface area contributed by atoms with E-state index in [4.69, 9.17) is 4.74 Å². The third kappa shape index (κ3) is 2.96. The highest BCUT2D eigenvalue weighted by molar-refractivity contribution is 5.77. The first-order valence-corrected chi connectivity index (χ1v) is 4.97. The van der Waals surface area contributed by atoms with Crippen molar-refractivity contribution in [1.82, 2.24) is 4.90 Å². The normalized spacial score (nSPS) is 21.6. The molecule has 0 aromatic rings. The molecule has 1 aliphatic rings. The predicted octanol–water partition coefficient (Wildman–Crippen LogP) is 0.395. The second-order valence-electron chi connectivity index (χ2n) is 4.33. The Labute approximate surface area is 84.8 Å². The molecule has 1 heterocycles. The number of aliphatic hydroxyl groups is 1. The van der Waals surface area contributed by atoms with Gasteiger partial charge in [0.2, 0.25) is 5.91 Å². The van der Waals surface area contributed by atoms with Crippen LogP contribution in [0, 0.1) is 0 Å². The van der Waals surface area contributed by atoms with Gasteiger partial charge >= 0.3 is 0 Å². The molecule has 14 heavy (non-hydrogen) atoms. The van der Waals surface area contributed by atoms with E-state index in [-0.39, 0.29) is 12.0 Å². The van der Waals surface area contributed by atoms with E-state index in [0.717, 1.165) is 6.42 Å². The van der Waals surface area contributed by atoms with Gasteiger partial charge in [0.25, 0.3) is 0 Å². The van der Waals surface area contributed by atoms with Gasteiger partial charge in [-0.3, -0.25) is 4.79 Å². The zero-order valence-electron chi connectivity index (χ0n) is 9.12. The van der Waals surface area contributed by atoms with E-state index in [2.05, 4.69) is 0 Å². The van der Waals surface area contributed by atoms with Gasteiger partial charge in [-0.25, -0.2) is 0 Å². The molecular weight excluding hydrogens is 182 g/mol. The zero-order chi connectivity index (χ0) is 10.8. The summed E-state index contributed by atoms with van der Waals surface area (Å²) >= 11 is 0. The Morgan fingerprint density at radius 2 is 2.21 bits per heavy atom. The molecule has 1 saturated heterocycles. The summed E-state index contributed by atoms with van der Waals surface area (Å²) in [6, 6.07) is 0. The van der Waals surface area contributed by atoms with E-state index in [9.17, 15) is 9.90 Å². The average Bonchev–Trinajstić information content (AvgIpc) is 2.09. The van der Waals surface area contributed by atoms with Gasteiger partial charge in [0.15, 0.2) is 0 Å². The fraction of sp³-hybridized carbons (Fsp3) is 0.900. The van der Waals surface area contributed by atoms with Crippen molar-refractivity contribution in [3.8, 4) is 0 Å². The number of carbonyl (C=O) groups excluding carboxylic acids is 1. The molecule has 0 aromatic carbocycles. The summed E-state index contributed by atoms with van der Waals surface area (Å²) in [6.07, 6.45) is 1.37. The van der Waals surface area contributed by atoms with Gasteiger partial charge in [-0.1, -0.05) is 0 Å². The molecule has 0 aliphatic carbocycles. The van der Waals surface area contributed by atoms with E-state index in [1.54, 1.807) is 18.9 Å². The van der Waals surface area contributed by atoms with Gasteiger partial charge in [-0.2, -0.15) is 0 Å². The van der Waals surface area contributed by atoms with E-state index in [0.29, 0.717) is 19.5 Å². The molecule has 0 spiro atoms. The van der Waals surface area contributed by atoms with Crippen LogP contribution in [-0.4, -0.2) is 47.8 Å². The molecule has 0 aromatic heterocycles. The number of hydrogen-bond donors (Lipinski definition) is 1. The number of β-amino-alcohol motifs (C(OH)–C–C–N with tert-alkyl or cyclic N) is 1. The fourth-order valence-corrected chi connectivity index (χ4v) is 1.56. The number of nitrogens with zero attached hydrogens (tertiary/aromatic N) is 1. The summed E-state index contributed by atoms with van der Waals surface area (Å²) in [4.78, 5) is 13.2. The molecule has 4 heteroatoms. The fourth-order valence-electron chi connectivity index (χ4n) is 1.56. The number of ether oxygens (including phenoxy) is 1. The van der Waals surface area contributed by atoms with E-state index in [1.165, 1.54) is 0 Å². The maximum atomic E-state index is 11.5. The van der Waals surface area contributed by atoms with Gasteiger partial charge in [-0.05, 0) is 20.3 Å². The minimum absolute atomic E-state index is 0.112. The van der Waals surface area contributed by atoms with Crippen LogP contribution in [0.15, 0.2) is 0 Å². The van der Waals surface area contributed by atoms with Crippen LogP contribution in [0.4, 0.5) is 0 Å². The highest BCUT2D eigenvalue weighted by Gasteiger charge is 2.38. The summed E-state index contributed by atoms with van der Waals surface area (Å²) in [6.45, 7) is 4.62. The minimum atomic E-state index is -0.664. The summed E-state index contributed by atoms with van der Waals surface area (Å²) in [5.74, 6) is 0.112. The number of rotatable bonds is 4. The molecule has 82 valence electrons. The number of amides is 1. The Morgan fingerprint density at radius 1 is 1.64 bits per heavy atom. The second kappa shape index (κ2) is 4.28. The number of methoxy groups -OCH3 is 1. The molecule has 0 radical (unpaired) electrons. The van der Waals surface area contributed by atoms with E-state index in [1.807, 2.05) is 6.92 Å². The third-order valence-electron chi connectivity index (χ3n) is 2.58. The first-order valence-electron chi connectivity index (χ1n) is 4.97. The Balaban J connectivity index is 2.18. The summed E-state index contributed by atoms with van der Waals surface area (Å²) < 4.78 is 5.05. The molecule has 1 atom stereocenters. The van der Waals surface area contributed by atoms with Gasteiger partial charge in [0.1, 0.15) is 0 Å². The van der Waals surface area contributed by atoms with Gasteiger partial charge in [0, 0.05) is 13.5 Å². The second-order valence-corrected chi connectivity index (χ2v) is 4.33. The number of hydrogen-bond acceptors (Lipinski definition) is 3. The van der Waals surface area contributed by atoms with Crippen LogP contribution in [0.5, 0.6) is 0 Å². The van der Waals surface area contributed by atoms with Gasteiger partial charge in [0.05, 0.1) is 24.8 Å². The van der Waals surface area contributed by atoms with Crippen molar-refractivity contribution < 1.29 is 14.6 Å². The molecule has 1 amide bonds. The first kappa shape index (κ1) is 11.5. The Kier molecular flexibility index (Phi) is 3.50. The molecule has 1 aliphatic heterocycles. The molecule has 1 rings (SSSR count). The average molecular weight is 201 g/mol. The monoisotopic (exact) mass is 201 g/mol. The van der Waals surface area contributed by atoms with Crippen molar-refractivity contribution in [3.05, 3.63) is 0 Å². The van der Waals surface area contributed by atoms with Crippen molar-refractivity contribution >= 4 is 5.91 Å². The van der Waals surface area contributed by atoms with Crippen LogP contribution in [0.3, 0.4) is 0 Å². The van der Waals surface area contributed by atoms with Gasteiger partial charge in [-0.15, -0.1) is 0 Å². The quantitative estimate of drug-likeness (QED) is 0.716. The lowest BCUT2D eigenvalue weighted by Gasteiger charge is -2.44. The molecule has 1 fully saturated rings. The lowest BCUT2D eigenvalue weighted by Crippen LogP contribution is -2.61. The smallest absolute Gasteiger partial charge is 0.222 e. The highest BCUT2D eigenvalue weighted by atomic mass is 16.5. The summed E-state index contributed by atoms with van der Waals surface area (Å²) in [5, 5.41) is 9.44. The first-order chi connectivity index (χ1) is 6.44. The summed E-state index contributed by atoms with van der Waals surface area (Å²) in [7, 11) is 1.64. The van der Waals surface area contributed by atoms with Crippen molar-refractivity contribution in [1.29, 1.82) is 0 Å². The number of carbonyl (C=O) groups is 1. The Hall–Kier alpha value is -0.610. The predicted molar refractivity (Wildman–Crippen MR) is 52.9 cm³/mol. The minimum Gasteiger partial charge on any atom is -0.386 e. The van der Waals surface area contributed by atoms with Crippen molar-refractivity contribution in [2.45, 2.75) is 38.4 Å². The van der Waals surface area contributed by atoms with Crippen molar-refractivity contribution in [2.24, 2.45) is 0 Å². The molecular formula is C10H19NO3. The van der Waals surface area contributed by atoms with E-state index < -0.39 is 5.60 Å². The Bertz CT molecular complexity index is 207. The van der Waals surface area contributed by atoms with Crippen molar-refractivity contribution in [3.63, 3.8) is 0 Å². The zero-order valence-corrected chi connectivity index (χ0v) is 9.12. The van der Waals surface area contributed by atoms with Crippen LogP contribution < -0.4 is 0 Å². The molecule has 1 unspecified atom stereocenters. The highest BCUT2D eigenvalue weighted by Crippen LogP contribution is 2.21. The number of likely N-dealkylation sites (tertiary alicyclic amines) is 1. The van der Waals surface area contributed by atoms with Crippen LogP contribution in [0.25, 0.3) is 0 Å². The van der Waals surface area contributed by atoms with Crippen LogP contribution in [-0.2, 0) is 9.53 Å². The van der Waals surface area contributed by atoms with Gasteiger partial charge < -0.3 is 14.7 Å². The third-order valence-corrected chi connectivity index (χ3v) is 2.58. The topological polar surface area (TPSA) is 49.8 Å². The maximum Gasteiger partial charge on any atom is 0.222 e. The lowest BCUT2D eigenvalue weighted by atomic mass is 9.96. The maximum absolute atomic E-state index is 11.5. The van der Waals surface area contributed by atoms with E-state index >= 15 is 0 Å². The lowest BCUT2D eigenvalue weighted by molar-refractivity contribution is -0.152. The summed E-state index contributed by atoms with van der Waals surface area (Å²) in [5.41, 5.74) is -0.664. The Morgan fingerprint density at radius 3 is 2.64 bits per heavy atom. The SMILES string of the molecule is COC(C)CCC(=O)N1CC(C)(O)C1. The standard InChI is InChI=1S/C10H19NO3/c1-8(14-3)4-5-9(12)11-6-10(2,13)7-11/h8,13H,4-7H2,1-3H3.